The largest absolute Gasteiger partial charge is 0.506 e. The molecule has 2 N–H and O–H groups in total. The van der Waals surface area contributed by atoms with Gasteiger partial charge in [-0.05, 0) is 72.5 Å². The molecule has 3 aromatic rings. The fourth-order valence-corrected chi connectivity index (χ4v) is 3.67. The number of benzene rings is 3. The zero-order chi connectivity index (χ0) is 18.7. The number of halogens is 2. The highest BCUT2D eigenvalue weighted by atomic mass is 79.9. The monoisotopic (exact) mass is 476 g/mol. The van der Waals surface area contributed by atoms with Crippen molar-refractivity contribution in [3.63, 3.8) is 0 Å². The molecule has 3 aromatic carbocycles. The first-order valence-electron chi connectivity index (χ1n) is 7.58. The number of nitrogens with one attached hydrogen (secondary N) is 1. The smallest absolute Gasteiger partial charge is 0.275 e. The lowest BCUT2D eigenvalue weighted by molar-refractivity contribution is 0.0952. The summed E-state index contributed by atoms with van der Waals surface area (Å²) < 4.78 is 6.38. The third-order valence-corrected chi connectivity index (χ3v) is 4.94. The Kier molecular flexibility index (Phi) is 5.58. The fourth-order valence-electron chi connectivity index (χ4n) is 2.45. The molecular weight excluding hydrogens is 464 g/mol. The van der Waals surface area contributed by atoms with Gasteiger partial charge in [0.15, 0.2) is 0 Å². The molecule has 26 heavy (non-hydrogen) atoms. The molecule has 132 valence electrons. The third-order valence-electron chi connectivity index (χ3n) is 3.73. The highest BCUT2D eigenvalue weighted by Crippen LogP contribution is 2.32. The SMILES string of the molecule is COc1cc2ccccc2cc1C(=O)N/N=C/c1cc(Br)c(O)c(Br)c1. The highest BCUT2D eigenvalue weighted by Gasteiger charge is 2.13. The summed E-state index contributed by atoms with van der Waals surface area (Å²) in [7, 11) is 1.52. The number of fused-ring (bicyclic) bond motifs is 1. The molecule has 0 radical (unpaired) electrons. The van der Waals surface area contributed by atoms with E-state index in [1.54, 1.807) is 18.2 Å². The van der Waals surface area contributed by atoms with E-state index in [0.717, 1.165) is 10.8 Å². The molecule has 7 heteroatoms. The van der Waals surface area contributed by atoms with Crippen LogP contribution in [0.4, 0.5) is 0 Å². The van der Waals surface area contributed by atoms with Gasteiger partial charge in [0, 0.05) is 0 Å². The minimum atomic E-state index is -0.374. The number of phenolic OH excluding ortho intramolecular Hbond substituents is 1. The molecule has 3 rings (SSSR count). The maximum atomic E-state index is 12.5. The third kappa shape index (κ3) is 3.89. The predicted molar refractivity (Wildman–Crippen MR) is 109 cm³/mol. The van der Waals surface area contributed by atoms with Crippen LogP contribution in [-0.4, -0.2) is 24.3 Å². The van der Waals surface area contributed by atoms with E-state index in [9.17, 15) is 9.90 Å². The Hall–Kier alpha value is -2.38. The van der Waals surface area contributed by atoms with Crippen LogP contribution in [0.15, 0.2) is 62.6 Å². The molecule has 1 amide bonds. The minimum absolute atomic E-state index is 0.104. The fraction of sp³-hybridized carbons (Fsp3) is 0.0526. The normalized spacial score (nSPS) is 11.0. The van der Waals surface area contributed by atoms with Gasteiger partial charge >= 0.3 is 0 Å². The van der Waals surface area contributed by atoms with Crippen LogP contribution in [0.5, 0.6) is 11.5 Å². The molecule has 0 saturated heterocycles. The molecule has 0 aliphatic heterocycles. The molecule has 0 saturated carbocycles. The van der Waals surface area contributed by atoms with E-state index in [1.807, 2.05) is 30.3 Å². The number of hydrazone groups is 1. The van der Waals surface area contributed by atoms with Crippen molar-refractivity contribution in [1.29, 1.82) is 0 Å². The molecule has 5 nitrogen and oxygen atoms in total. The number of hydrogen-bond acceptors (Lipinski definition) is 4. The Balaban J connectivity index is 1.83. The van der Waals surface area contributed by atoms with Gasteiger partial charge in [-0.3, -0.25) is 4.79 Å². The summed E-state index contributed by atoms with van der Waals surface area (Å²) in [6.45, 7) is 0. The summed E-state index contributed by atoms with van der Waals surface area (Å²) in [5.74, 6) is 0.208. The van der Waals surface area contributed by atoms with Crippen LogP contribution in [-0.2, 0) is 0 Å². The van der Waals surface area contributed by atoms with Crippen molar-refractivity contribution in [2.24, 2.45) is 5.10 Å². The van der Waals surface area contributed by atoms with Crippen molar-refractivity contribution < 1.29 is 14.6 Å². The zero-order valence-electron chi connectivity index (χ0n) is 13.7. The van der Waals surface area contributed by atoms with E-state index in [4.69, 9.17) is 4.74 Å². The number of phenols is 1. The van der Waals surface area contributed by atoms with Crippen molar-refractivity contribution in [2.75, 3.05) is 7.11 Å². The van der Waals surface area contributed by atoms with E-state index in [0.29, 0.717) is 25.8 Å². The standard InChI is InChI=1S/C19H14Br2N2O3/c1-26-17-9-13-5-3-2-4-12(13)8-14(17)19(25)23-22-10-11-6-15(20)18(24)16(21)7-11/h2-10,24H,1H3,(H,23,25)/b22-10+. The second-order valence-electron chi connectivity index (χ2n) is 5.43. The summed E-state index contributed by atoms with van der Waals surface area (Å²) >= 11 is 6.50. The Morgan fingerprint density at radius 2 is 1.73 bits per heavy atom. The molecule has 0 spiro atoms. The Morgan fingerprint density at radius 1 is 1.12 bits per heavy atom. The van der Waals surface area contributed by atoms with E-state index in [2.05, 4.69) is 42.4 Å². The van der Waals surface area contributed by atoms with E-state index in [1.165, 1.54) is 13.3 Å². The van der Waals surface area contributed by atoms with Crippen molar-refractivity contribution in [3.8, 4) is 11.5 Å². The molecule has 0 fully saturated rings. The van der Waals surface area contributed by atoms with Crippen molar-refractivity contribution >= 4 is 54.8 Å². The minimum Gasteiger partial charge on any atom is -0.506 e. The number of carbonyl (C=O) groups excluding carboxylic acids is 1. The molecule has 0 aliphatic carbocycles. The summed E-state index contributed by atoms with van der Waals surface area (Å²) in [6, 6.07) is 14.7. The first kappa shape index (κ1) is 18.4. The number of hydrogen-bond donors (Lipinski definition) is 2. The van der Waals surface area contributed by atoms with Gasteiger partial charge in [-0.2, -0.15) is 5.10 Å². The lowest BCUT2D eigenvalue weighted by Gasteiger charge is -2.09. The van der Waals surface area contributed by atoms with Gasteiger partial charge < -0.3 is 9.84 Å². The summed E-state index contributed by atoms with van der Waals surface area (Å²) in [5.41, 5.74) is 3.60. The number of rotatable bonds is 4. The van der Waals surface area contributed by atoms with Gasteiger partial charge in [-0.1, -0.05) is 24.3 Å². The van der Waals surface area contributed by atoms with Gasteiger partial charge in [0.05, 0.1) is 27.8 Å². The van der Waals surface area contributed by atoms with Gasteiger partial charge in [-0.25, -0.2) is 5.43 Å². The Labute approximate surface area is 166 Å². The molecule has 0 bridgehead atoms. The van der Waals surface area contributed by atoms with Crippen molar-refractivity contribution in [2.45, 2.75) is 0 Å². The zero-order valence-corrected chi connectivity index (χ0v) is 16.8. The average Bonchev–Trinajstić information content (AvgIpc) is 2.64. The van der Waals surface area contributed by atoms with E-state index >= 15 is 0 Å². The first-order chi connectivity index (χ1) is 12.5. The van der Waals surface area contributed by atoms with Crippen LogP contribution in [0.25, 0.3) is 10.8 Å². The maximum Gasteiger partial charge on any atom is 0.275 e. The van der Waals surface area contributed by atoms with Crippen LogP contribution >= 0.6 is 31.9 Å². The summed E-state index contributed by atoms with van der Waals surface area (Å²) in [4.78, 5) is 12.5. The van der Waals surface area contributed by atoms with Gasteiger partial charge in [0.1, 0.15) is 11.5 Å². The summed E-state index contributed by atoms with van der Waals surface area (Å²) in [5, 5.41) is 15.6. The molecular formula is C19H14Br2N2O3. The predicted octanol–water partition coefficient (Wildman–Crippen LogP) is 4.84. The number of ether oxygens (including phenoxy) is 1. The average molecular weight is 478 g/mol. The number of nitrogens with zero attached hydrogens (tertiary/aromatic N) is 1. The molecule has 0 unspecified atom stereocenters. The quantitative estimate of drug-likeness (QED) is 0.417. The lowest BCUT2D eigenvalue weighted by atomic mass is 10.1. The number of amides is 1. The van der Waals surface area contributed by atoms with E-state index in [-0.39, 0.29) is 11.7 Å². The van der Waals surface area contributed by atoms with Crippen LogP contribution in [0.3, 0.4) is 0 Å². The van der Waals surface area contributed by atoms with Crippen LogP contribution in [0, 0.1) is 0 Å². The second kappa shape index (κ2) is 7.88. The topological polar surface area (TPSA) is 70.9 Å². The Bertz CT molecular complexity index is 996. The lowest BCUT2D eigenvalue weighted by Crippen LogP contribution is -2.18. The van der Waals surface area contributed by atoms with E-state index < -0.39 is 0 Å². The maximum absolute atomic E-state index is 12.5. The highest BCUT2D eigenvalue weighted by molar-refractivity contribution is 9.11. The summed E-state index contributed by atoms with van der Waals surface area (Å²) in [6.07, 6.45) is 1.49. The molecule has 0 aliphatic rings. The van der Waals surface area contributed by atoms with Crippen molar-refractivity contribution in [3.05, 3.63) is 68.6 Å². The second-order valence-corrected chi connectivity index (χ2v) is 7.14. The van der Waals surface area contributed by atoms with Crippen LogP contribution in [0.2, 0.25) is 0 Å². The number of carbonyl (C=O) groups is 1. The van der Waals surface area contributed by atoms with Gasteiger partial charge in [0.25, 0.3) is 5.91 Å². The first-order valence-corrected chi connectivity index (χ1v) is 9.16. The van der Waals surface area contributed by atoms with Crippen LogP contribution in [0.1, 0.15) is 15.9 Å². The Morgan fingerprint density at radius 3 is 2.35 bits per heavy atom. The van der Waals surface area contributed by atoms with Crippen molar-refractivity contribution in [1.82, 2.24) is 5.43 Å². The molecule has 0 heterocycles. The van der Waals surface area contributed by atoms with Gasteiger partial charge in [-0.15, -0.1) is 0 Å². The number of aromatic hydroxyl groups is 1. The molecule has 0 atom stereocenters. The molecule has 0 aromatic heterocycles. The van der Waals surface area contributed by atoms with Crippen LogP contribution < -0.4 is 10.2 Å². The number of methoxy groups -OCH3 is 1. The van der Waals surface area contributed by atoms with Gasteiger partial charge in [0.2, 0.25) is 0 Å².